The molecule has 2 fully saturated rings. The highest BCUT2D eigenvalue weighted by Gasteiger charge is 2.45. The average molecular weight is 460 g/mol. The number of carboxylic acids is 1. The molecule has 3 rings (SSSR count). The number of carboxylic acid groups (broad SMARTS) is 1. The number of nitrogens with one attached hydrogen (secondary N) is 1. The molecule has 2 aliphatic rings. The average Bonchev–Trinajstić information content (AvgIpc) is 3.04. The number of aliphatic carboxylic acids is 1. The van der Waals surface area contributed by atoms with E-state index < -0.39 is 18.1 Å². The van der Waals surface area contributed by atoms with Crippen LogP contribution in [0.4, 0.5) is 4.79 Å². The van der Waals surface area contributed by atoms with Gasteiger partial charge in [-0.1, -0.05) is 68.9 Å². The zero-order valence-corrected chi connectivity index (χ0v) is 19.3. The molecule has 1 aromatic rings. The maximum atomic E-state index is 13.2. The molecule has 0 radical (unpaired) electrons. The first-order valence-electron chi connectivity index (χ1n) is 12.3. The molecule has 3 N–H and O–H groups in total. The van der Waals surface area contributed by atoms with Crippen LogP contribution in [0.5, 0.6) is 0 Å². The Kier molecular flexibility index (Phi) is 9.69. The fourth-order valence-electron chi connectivity index (χ4n) is 4.83. The van der Waals surface area contributed by atoms with Crippen LogP contribution in [0, 0.1) is 5.92 Å². The van der Waals surface area contributed by atoms with Crippen molar-refractivity contribution in [3.63, 3.8) is 0 Å². The molecular formula is C25H37N3O5. The van der Waals surface area contributed by atoms with Crippen LogP contribution in [-0.2, 0) is 16.1 Å². The Balaban J connectivity index is 1.60. The number of urea groups is 1. The number of hydrazine groups is 1. The van der Waals surface area contributed by atoms with Crippen molar-refractivity contribution in [2.45, 2.75) is 89.3 Å². The molecule has 1 aliphatic heterocycles. The van der Waals surface area contributed by atoms with E-state index in [9.17, 15) is 19.5 Å². The van der Waals surface area contributed by atoms with Crippen LogP contribution in [0.1, 0.15) is 76.2 Å². The lowest BCUT2D eigenvalue weighted by molar-refractivity contribution is -0.137. The molecule has 3 amide bonds. The Bertz CT molecular complexity index is 782. The normalized spacial score (nSPS) is 20.5. The molecule has 1 saturated carbocycles. The third kappa shape index (κ3) is 7.27. The van der Waals surface area contributed by atoms with E-state index in [2.05, 4.69) is 5.43 Å². The molecule has 1 saturated heterocycles. The van der Waals surface area contributed by atoms with Crippen molar-refractivity contribution in [3.8, 4) is 0 Å². The number of aliphatic hydroxyl groups excluding tert-OH is 1. The number of rotatable bonds is 13. The van der Waals surface area contributed by atoms with Gasteiger partial charge < -0.3 is 10.2 Å². The van der Waals surface area contributed by atoms with Gasteiger partial charge >= 0.3 is 12.0 Å². The maximum absolute atomic E-state index is 13.2. The van der Waals surface area contributed by atoms with Crippen molar-refractivity contribution >= 4 is 17.9 Å². The van der Waals surface area contributed by atoms with Crippen molar-refractivity contribution in [3.05, 3.63) is 35.9 Å². The van der Waals surface area contributed by atoms with Gasteiger partial charge in [-0.3, -0.25) is 14.5 Å². The molecule has 1 aromatic carbocycles. The molecule has 182 valence electrons. The predicted molar refractivity (Wildman–Crippen MR) is 124 cm³/mol. The second-order valence-corrected chi connectivity index (χ2v) is 9.25. The molecule has 33 heavy (non-hydrogen) atoms. The maximum Gasteiger partial charge on any atom is 0.342 e. The summed E-state index contributed by atoms with van der Waals surface area (Å²) in [6.45, 7) is 0.467. The first kappa shape index (κ1) is 25.2. The van der Waals surface area contributed by atoms with Crippen molar-refractivity contribution < 1.29 is 24.6 Å². The van der Waals surface area contributed by atoms with Gasteiger partial charge in [0, 0.05) is 13.0 Å². The molecule has 1 unspecified atom stereocenters. The number of nitrogens with zero attached hydrogens (tertiary/aromatic N) is 2. The largest absolute Gasteiger partial charge is 0.481 e. The fourth-order valence-corrected chi connectivity index (χ4v) is 4.83. The van der Waals surface area contributed by atoms with E-state index in [1.165, 1.54) is 16.3 Å². The summed E-state index contributed by atoms with van der Waals surface area (Å²) in [6.07, 6.45) is 8.49. The highest BCUT2D eigenvalue weighted by molar-refractivity contribution is 6.03. The number of imide groups is 1. The van der Waals surface area contributed by atoms with Gasteiger partial charge in [0.25, 0.3) is 5.91 Å². The number of hydrogen-bond donors (Lipinski definition) is 3. The van der Waals surface area contributed by atoms with Gasteiger partial charge in [0.15, 0.2) is 0 Å². The highest BCUT2D eigenvalue weighted by Crippen LogP contribution is 2.27. The van der Waals surface area contributed by atoms with Crippen molar-refractivity contribution in [2.75, 3.05) is 6.54 Å². The smallest absolute Gasteiger partial charge is 0.342 e. The molecule has 8 heteroatoms. The Morgan fingerprint density at radius 1 is 1.03 bits per heavy atom. The minimum absolute atomic E-state index is 0.151. The molecule has 1 heterocycles. The molecule has 8 nitrogen and oxygen atoms in total. The van der Waals surface area contributed by atoms with Gasteiger partial charge in [-0.05, 0) is 37.2 Å². The number of unbranched alkanes of at least 4 members (excludes halogenated alkanes) is 3. The standard InChI is InChI=1S/C25H37N3O5/c29-22(20-13-7-4-8-14-20)17-26-28-21(15-9-1-2-10-16-23(30)31)24(32)27(25(28)33)18-19-11-5-3-6-12-19/h3,5-6,11-12,20-22,26,29H,1-2,4,7-10,13-18H2,(H,30,31)/t21-,22?/m0/s1. The predicted octanol–water partition coefficient (Wildman–Crippen LogP) is 3.69. The van der Waals surface area contributed by atoms with E-state index in [-0.39, 0.29) is 37.4 Å². The number of benzene rings is 1. The van der Waals surface area contributed by atoms with E-state index in [1.807, 2.05) is 30.3 Å². The van der Waals surface area contributed by atoms with Gasteiger partial charge in [-0.15, -0.1) is 0 Å². The van der Waals surface area contributed by atoms with Gasteiger partial charge in [-0.2, -0.15) is 0 Å². The van der Waals surface area contributed by atoms with E-state index in [1.54, 1.807) is 0 Å². The summed E-state index contributed by atoms with van der Waals surface area (Å²) in [5.74, 6) is -0.795. The first-order chi connectivity index (χ1) is 16.0. The lowest BCUT2D eigenvalue weighted by atomic mass is 9.85. The highest BCUT2D eigenvalue weighted by atomic mass is 16.4. The molecule has 1 aliphatic carbocycles. The minimum atomic E-state index is -0.796. The van der Waals surface area contributed by atoms with Crippen LogP contribution < -0.4 is 5.43 Å². The molecular weight excluding hydrogens is 422 g/mol. The van der Waals surface area contributed by atoms with Crippen LogP contribution in [0.25, 0.3) is 0 Å². The van der Waals surface area contributed by atoms with Crippen molar-refractivity contribution in [1.82, 2.24) is 15.3 Å². The van der Waals surface area contributed by atoms with Gasteiger partial charge in [-0.25, -0.2) is 15.2 Å². The summed E-state index contributed by atoms with van der Waals surface area (Å²) in [4.78, 5) is 38.3. The van der Waals surface area contributed by atoms with Crippen LogP contribution in [0.2, 0.25) is 0 Å². The quantitative estimate of drug-likeness (QED) is 0.307. The lowest BCUT2D eigenvalue weighted by Gasteiger charge is -2.29. The molecule has 2 atom stereocenters. The van der Waals surface area contributed by atoms with E-state index in [4.69, 9.17) is 5.11 Å². The van der Waals surface area contributed by atoms with Crippen LogP contribution in [0.3, 0.4) is 0 Å². The summed E-state index contributed by atoms with van der Waals surface area (Å²) >= 11 is 0. The summed E-state index contributed by atoms with van der Waals surface area (Å²) in [5.41, 5.74) is 3.97. The van der Waals surface area contributed by atoms with Crippen LogP contribution >= 0.6 is 0 Å². The second kappa shape index (κ2) is 12.7. The summed E-state index contributed by atoms with van der Waals surface area (Å²) in [5, 5.41) is 20.8. The van der Waals surface area contributed by atoms with E-state index in [0.29, 0.717) is 12.8 Å². The summed E-state index contributed by atoms with van der Waals surface area (Å²) in [7, 11) is 0. The lowest BCUT2D eigenvalue weighted by Crippen LogP contribution is -2.49. The van der Waals surface area contributed by atoms with E-state index in [0.717, 1.165) is 50.5 Å². The number of carbonyl (C=O) groups is 3. The van der Waals surface area contributed by atoms with Gasteiger partial charge in [0.1, 0.15) is 6.04 Å². The number of carbonyl (C=O) groups excluding carboxylic acids is 2. The summed E-state index contributed by atoms with van der Waals surface area (Å²) < 4.78 is 0. The Labute approximate surface area is 195 Å². The minimum Gasteiger partial charge on any atom is -0.481 e. The second-order valence-electron chi connectivity index (χ2n) is 9.25. The molecule has 0 bridgehead atoms. The fraction of sp³-hybridized carbons (Fsp3) is 0.640. The van der Waals surface area contributed by atoms with E-state index >= 15 is 0 Å². The Morgan fingerprint density at radius 2 is 1.73 bits per heavy atom. The van der Waals surface area contributed by atoms with Crippen molar-refractivity contribution in [2.24, 2.45) is 5.92 Å². The third-order valence-electron chi connectivity index (χ3n) is 6.77. The topological polar surface area (TPSA) is 110 Å². The first-order valence-corrected chi connectivity index (χ1v) is 12.3. The number of hydrogen-bond acceptors (Lipinski definition) is 5. The number of aliphatic hydroxyl groups is 1. The summed E-state index contributed by atoms with van der Waals surface area (Å²) in [6, 6.07) is 8.44. The zero-order valence-electron chi connectivity index (χ0n) is 19.3. The SMILES string of the molecule is O=C(O)CCCCCC[C@H]1C(=O)N(Cc2ccccc2)C(=O)N1NCC(O)C1CCCCC1. The Hall–Kier alpha value is -2.45. The Morgan fingerprint density at radius 3 is 2.42 bits per heavy atom. The molecule has 0 spiro atoms. The molecule has 0 aromatic heterocycles. The van der Waals surface area contributed by atoms with Gasteiger partial charge in [0.2, 0.25) is 0 Å². The third-order valence-corrected chi connectivity index (χ3v) is 6.77. The van der Waals surface area contributed by atoms with Crippen molar-refractivity contribution in [1.29, 1.82) is 0 Å². The van der Waals surface area contributed by atoms with Gasteiger partial charge in [0.05, 0.1) is 12.6 Å². The monoisotopic (exact) mass is 459 g/mol. The van der Waals surface area contributed by atoms with Crippen LogP contribution in [-0.4, -0.2) is 56.7 Å². The number of amides is 3. The van der Waals surface area contributed by atoms with Crippen LogP contribution in [0.15, 0.2) is 30.3 Å². The zero-order chi connectivity index (χ0) is 23.6.